The summed E-state index contributed by atoms with van der Waals surface area (Å²) in [5, 5.41) is 9.20. The maximum atomic E-state index is 12.8. The molecule has 6 heteroatoms. The predicted molar refractivity (Wildman–Crippen MR) is 111 cm³/mol. The first-order valence-corrected chi connectivity index (χ1v) is 9.87. The number of nitrogens with one attached hydrogen (secondary N) is 1. The van der Waals surface area contributed by atoms with Crippen LogP contribution in [0, 0.1) is 0 Å². The molecular formula is C22H26N4O2. The number of ether oxygens (including phenoxy) is 1. The molecule has 1 aliphatic heterocycles. The molecule has 146 valence electrons. The lowest BCUT2D eigenvalue weighted by Crippen LogP contribution is -2.21. The third-order valence-electron chi connectivity index (χ3n) is 5.29. The molecule has 0 spiro atoms. The minimum atomic E-state index is -0.166. The van der Waals surface area contributed by atoms with Crippen LogP contribution >= 0.6 is 0 Å². The summed E-state index contributed by atoms with van der Waals surface area (Å²) in [6.07, 6.45) is 5.62. The van der Waals surface area contributed by atoms with E-state index in [0.29, 0.717) is 11.4 Å². The van der Waals surface area contributed by atoms with Gasteiger partial charge in [-0.2, -0.15) is 5.10 Å². The summed E-state index contributed by atoms with van der Waals surface area (Å²) in [6, 6.07) is 13.2. The fourth-order valence-corrected chi connectivity index (χ4v) is 3.85. The lowest BCUT2D eigenvalue weighted by molar-refractivity contribution is 0.102. The fourth-order valence-electron chi connectivity index (χ4n) is 3.85. The van der Waals surface area contributed by atoms with Crippen LogP contribution in [0.5, 0.6) is 5.75 Å². The number of anilines is 1. The molecule has 6 nitrogen and oxygen atoms in total. The van der Waals surface area contributed by atoms with Crippen molar-refractivity contribution >= 4 is 22.5 Å². The van der Waals surface area contributed by atoms with Crippen molar-refractivity contribution in [1.82, 2.24) is 14.7 Å². The van der Waals surface area contributed by atoms with Gasteiger partial charge in [0.2, 0.25) is 0 Å². The lowest BCUT2D eigenvalue weighted by atomic mass is 10.0. The largest absolute Gasteiger partial charge is 0.496 e. The average molecular weight is 378 g/mol. The number of amides is 1. The molecule has 1 fully saturated rings. The van der Waals surface area contributed by atoms with Crippen molar-refractivity contribution in [2.75, 3.05) is 32.1 Å². The van der Waals surface area contributed by atoms with Gasteiger partial charge in [-0.15, -0.1) is 0 Å². The number of aryl methyl sites for hydroxylation is 1. The third-order valence-corrected chi connectivity index (χ3v) is 5.29. The first kappa shape index (κ1) is 18.5. The predicted octanol–water partition coefficient (Wildman–Crippen LogP) is 3.78. The number of hydrogen-bond acceptors (Lipinski definition) is 4. The number of carbonyl (C=O) groups is 1. The summed E-state index contributed by atoms with van der Waals surface area (Å²) in [5.74, 6) is 1.17. The molecule has 1 saturated heterocycles. The van der Waals surface area contributed by atoms with Crippen molar-refractivity contribution in [1.29, 1.82) is 0 Å². The molecule has 0 saturated carbocycles. The zero-order chi connectivity index (χ0) is 19.3. The molecule has 1 N–H and O–H groups in total. The van der Waals surface area contributed by atoms with Gasteiger partial charge >= 0.3 is 0 Å². The molecular weight excluding hydrogens is 352 g/mol. The Morgan fingerprint density at radius 2 is 1.86 bits per heavy atom. The number of aromatic nitrogens is 2. The molecule has 0 bridgehead atoms. The van der Waals surface area contributed by atoms with Gasteiger partial charge in [0.25, 0.3) is 5.91 Å². The molecule has 0 radical (unpaired) electrons. The van der Waals surface area contributed by atoms with Gasteiger partial charge in [-0.05, 0) is 56.4 Å². The van der Waals surface area contributed by atoms with Gasteiger partial charge in [0.1, 0.15) is 5.75 Å². The van der Waals surface area contributed by atoms with Crippen LogP contribution in [0.25, 0.3) is 10.8 Å². The van der Waals surface area contributed by atoms with E-state index in [2.05, 4.69) is 15.3 Å². The highest BCUT2D eigenvalue weighted by atomic mass is 16.5. The van der Waals surface area contributed by atoms with E-state index < -0.39 is 0 Å². The molecule has 0 atom stereocenters. The summed E-state index contributed by atoms with van der Waals surface area (Å²) in [6.45, 7) is 4.41. The maximum Gasteiger partial charge on any atom is 0.257 e. The van der Waals surface area contributed by atoms with Crippen LogP contribution in [-0.4, -0.2) is 47.3 Å². The number of carbonyl (C=O) groups excluding carboxylic acids is 1. The summed E-state index contributed by atoms with van der Waals surface area (Å²) < 4.78 is 7.31. The SMILES string of the molecule is COc1ccc(C(=O)Nc2ccn(CCCN3CCCC3)n2)c2ccccc12. The van der Waals surface area contributed by atoms with E-state index in [1.807, 2.05) is 47.3 Å². The van der Waals surface area contributed by atoms with Crippen molar-refractivity contribution in [2.45, 2.75) is 25.8 Å². The summed E-state index contributed by atoms with van der Waals surface area (Å²) in [5.41, 5.74) is 0.611. The van der Waals surface area contributed by atoms with Gasteiger partial charge < -0.3 is 15.0 Å². The molecule has 1 aromatic heterocycles. The molecule has 0 unspecified atom stereocenters. The Hall–Kier alpha value is -2.86. The van der Waals surface area contributed by atoms with E-state index >= 15 is 0 Å². The molecule has 4 rings (SSSR count). The zero-order valence-corrected chi connectivity index (χ0v) is 16.2. The second-order valence-electron chi connectivity index (χ2n) is 7.18. The van der Waals surface area contributed by atoms with Crippen LogP contribution in [0.1, 0.15) is 29.6 Å². The minimum Gasteiger partial charge on any atom is -0.496 e. The molecule has 3 aromatic rings. The normalized spacial score (nSPS) is 14.5. The van der Waals surface area contributed by atoms with Gasteiger partial charge in [-0.25, -0.2) is 0 Å². The van der Waals surface area contributed by atoms with Gasteiger partial charge in [0.15, 0.2) is 5.82 Å². The first-order valence-electron chi connectivity index (χ1n) is 9.87. The van der Waals surface area contributed by atoms with Crippen molar-refractivity contribution in [3.8, 4) is 5.75 Å². The van der Waals surface area contributed by atoms with Gasteiger partial charge in [-0.1, -0.05) is 24.3 Å². The highest BCUT2D eigenvalue weighted by Crippen LogP contribution is 2.28. The highest BCUT2D eigenvalue weighted by molar-refractivity contribution is 6.13. The van der Waals surface area contributed by atoms with E-state index in [-0.39, 0.29) is 5.91 Å². The van der Waals surface area contributed by atoms with E-state index in [9.17, 15) is 4.79 Å². The molecule has 0 aliphatic carbocycles. The first-order chi connectivity index (χ1) is 13.7. The van der Waals surface area contributed by atoms with Crippen molar-refractivity contribution < 1.29 is 9.53 Å². The van der Waals surface area contributed by atoms with E-state index in [4.69, 9.17) is 4.74 Å². The number of methoxy groups -OCH3 is 1. The Kier molecular flexibility index (Phi) is 5.58. The van der Waals surface area contributed by atoms with Crippen LogP contribution in [0.15, 0.2) is 48.7 Å². The number of likely N-dealkylation sites (tertiary alicyclic amines) is 1. The molecule has 2 aromatic carbocycles. The van der Waals surface area contributed by atoms with Crippen LogP contribution in [0.4, 0.5) is 5.82 Å². The van der Waals surface area contributed by atoms with E-state index in [1.165, 1.54) is 25.9 Å². The van der Waals surface area contributed by atoms with Crippen molar-refractivity contribution in [2.24, 2.45) is 0 Å². The van der Waals surface area contributed by atoms with Crippen LogP contribution < -0.4 is 10.1 Å². The van der Waals surface area contributed by atoms with Crippen LogP contribution in [0.3, 0.4) is 0 Å². The number of fused-ring (bicyclic) bond motifs is 1. The molecule has 1 amide bonds. The Labute approximate surface area is 165 Å². The smallest absolute Gasteiger partial charge is 0.257 e. The minimum absolute atomic E-state index is 0.166. The summed E-state index contributed by atoms with van der Waals surface area (Å²) >= 11 is 0. The van der Waals surface area contributed by atoms with Gasteiger partial charge in [0.05, 0.1) is 7.11 Å². The Morgan fingerprint density at radius 3 is 2.64 bits per heavy atom. The standard InChI is InChI=1S/C22H26N4O2/c1-28-20-10-9-19(17-7-2-3-8-18(17)20)22(27)23-21-11-16-26(24-21)15-6-14-25-12-4-5-13-25/h2-3,7-11,16H,4-6,12-15H2,1H3,(H,23,24,27). The summed E-state index contributed by atoms with van der Waals surface area (Å²) in [7, 11) is 1.64. The third kappa shape index (κ3) is 4.02. The molecule has 2 heterocycles. The number of hydrogen-bond donors (Lipinski definition) is 1. The topological polar surface area (TPSA) is 59.4 Å². The summed E-state index contributed by atoms with van der Waals surface area (Å²) in [4.78, 5) is 15.3. The quantitative estimate of drug-likeness (QED) is 0.680. The number of nitrogens with zero attached hydrogens (tertiary/aromatic N) is 3. The second kappa shape index (κ2) is 8.44. The highest BCUT2D eigenvalue weighted by Gasteiger charge is 2.14. The fraction of sp³-hybridized carbons (Fsp3) is 0.364. The maximum absolute atomic E-state index is 12.8. The lowest BCUT2D eigenvalue weighted by Gasteiger charge is -2.13. The van der Waals surface area contributed by atoms with Gasteiger partial charge in [-0.3, -0.25) is 9.48 Å². The Morgan fingerprint density at radius 1 is 1.07 bits per heavy atom. The van der Waals surface area contributed by atoms with Crippen molar-refractivity contribution in [3.05, 3.63) is 54.2 Å². The van der Waals surface area contributed by atoms with Crippen LogP contribution in [0.2, 0.25) is 0 Å². The van der Waals surface area contributed by atoms with E-state index in [0.717, 1.165) is 36.0 Å². The number of rotatable bonds is 7. The number of benzene rings is 2. The van der Waals surface area contributed by atoms with Crippen molar-refractivity contribution in [3.63, 3.8) is 0 Å². The van der Waals surface area contributed by atoms with Gasteiger partial charge in [0, 0.05) is 29.8 Å². The average Bonchev–Trinajstić information content (AvgIpc) is 3.39. The molecule has 28 heavy (non-hydrogen) atoms. The van der Waals surface area contributed by atoms with Crippen LogP contribution in [-0.2, 0) is 6.54 Å². The monoisotopic (exact) mass is 378 g/mol. The Balaban J connectivity index is 1.41. The second-order valence-corrected chi connectivity index (χ2v) is 7.18. The van der Waals surface area contributed by atoms with E-state index in [1.54, 1.807) is 13.2 Å². The zero-order valence-electron chi connectivity index (χ0n) is 16.2. The Bertz CT molecular complexity index is 960. The molecule has 1 aliphatic rings.